The van der Waals surface area contributed by atoms with Crippen molar-refractivity contribution in [2.45, 2.75) is 6.92 Å². The van der Waals surface area contributed by atoms with Gasteiger partial charge in [0, 0.05) is 21.5 Å². The molecular formula is C22H19N3O5S2. The Balaban J connectivity index is 1.51. The summed E-state index contributed by atoms with van der Waals surface area (Å²) in [5, 5.41) is 6.66. The third kappa shape index (κ3) is 4.27. The zero-order chi connectivity index (χ0) is 22.7. The number of rotatable bonds is 7. The molecule has 8 nitrogen and oxygen atoms in total. The van der Waals surface area contributed by atoms with Crippen molar-refractivity contribution >= 4 is 57.2 Å². The first kappa shape index (κ1) is 21.7. The largest absolute Gasteiger partial charge is 0.462 e. The van der Waals surface area contributed by atoms with Gasteiger partial charge in [-0.25, -0.2) is 9.59 Å². The summed E-state index contributed by atoms with van der Waals surface area (Å²) in [6.45, 7) is 1.32. The topological polar surface area (TPSA) is 96.0 Å². The Morgan fingerprint density at radius 3 is 2.56 bits per heavy atom. The van der Waals surface area contributed by atoms with E-state index in [0.717, 1.165) is 9.78 Å². The fourth-order valence-corrected chi connectivity index (χ4v) is 5.07. The van der Waals surface area contributed by atoms with E-state index in [1.807, 2.05) is 23.6 Å². The molecule has 0 unspecified atom stereocenters. The van der Waals surface area contributed by atoms with E-state index < -0.39 is 30.4 Å². The van der Waals surface area contributed by atoms with Crippen molar-refractivity contribution in [2.75, 3.05) is 29.9 Å². The molecule has 164 valence electrons. The number of benzene rings is 1. The fraction of sp³-hybridized carbons (Fsp3) is 0.182. The van der Waals surface area contributed by atoms with Crippen LogP contribution in [0.1, 0.15) is 17.3 Å². The molecule has 0 saturated carbocycles. The second kappa shape index (κ2) is 9.33. The number of anilines is 2. The molecule has 3 aromatic rings. The van der Waals surface area contributed by atoms with Crippen LogP contribution in [0.2, 0.25) is 0 Å². The van der Waals surface area contributed by atoms with E-state index in [0.29, 0.717) is 16.3 Å². The van der Waals surface area contributed by atoms with E-state index in [-0.39, 0.29) is 18.7 Å². The summed E-state index contributed by atoms with van der Waals surface area (Å²) in [5.74, 6) is -1.59. The lowest BCUT2D eigenvalue weighted by molar-refractivity contribution is -0.128. The lowest BCUT2D eigenvalue weighted by Crippen LogP contribution is -2.39. The lowest BCUT2D eigenvalue weighted by Gasteiger charge is -2.17. The predicted molar refractivity (Wildman–Crippen MR) is 123 cm³/mol. The van der Waals surface area contributed by atoms with Crippen LogP contribution in [0.25, 0.3) is 10.4 Å². The Labute approximate surface area is 192 Å². The van der Waals surface area contributed by atoms with Gasteiger partial charge in [-0.2, -0.15) is 0 Å². The maximum absolute atomic E-state index is 12.7. The highest BCUT2D eigenvalue weighted by Crippen LogP contribution is 2.38. The summed E-state index contributed by atoms with van der Waals surface area (Å²) >= 11 is 2.65. The van der Waals surface area contributed by atoms with Crippen LogP contribution >= 0.6 is 22.7 Å². The highest BCUT2D eigenvalue weighted by atomic mass is 32.1. The van der Waals surface area contributed by atoms with Crippen LogP contribution in [0.5, 0.6) is 0 Å². The van der Waals surface area contributed by atoms with Crippen LogP contribution in [0.15, 0.2) is 53.2 Å². The van der Waals surface area contributed by atoms with Crippen LogP contribution in [0, 0.1) is 0 Å². The van der Waals surface area contributed by atoms with E-state index in [1.165, 1.54) is 27.6 Å². The van der Waals surface area contributed by atoms with Crippen molar-refractivity contribution in [3.8, 4) is 10.4 Å². The van der Waals surface area contributed by atoms with Gasteiger partial charge in [0.1, 0.15) is 23.7 Å². The molecule has 1 aliphatic rings. The maximum atomic E-state index is 12.7. The van der Waals surface area contributed by atoms with Crippen molar-refractivity contribution in [2.24, 2.45) is 0 Å². The Morgan fingerprint density at radius 1 is 1.09 bits per heavy atom. The molecule has 1 fully saturated rings. The minimum absolute atomic E-state index is 0.133. The van der Waals surface area contributed by atoms with E-state index in [4.69, 9.17) is 4.74 Å². The molecule has 4 rings (SSSR count). The number of amides is 4. The molecule has 0 spiro atoms. The first-order valence-electron chi connectivity index (χ1n) is 9.78. The highest BCUT2D eigenvalue weighted by Gasteiger charge is 2.38. The number of nitrogens with zero attached hydrogens (tertiary/aromatic N) is 2. The van der Waals surface area contributed by atoms with E-state index in [9.17, 15) is 19.2 Å². The van der Waals surface area contributed by atoms with E-state index >= 15 is 0 Å². The third-order valence-corrected chi connectivity index (χ3v) is 6.53. The van der Waals surface area contributed by atoms with Crippen molar-refractivity contribution in [1.82, 2.24) is 4.90 Å². The molecule has 1 saturated heterocycles. The summed E-state index contributed by atoms with van der Waals surface area (Å²) in [6, 6.07) is 12.0. The van der Waals surface area contributed by atoms with E-state index in [1.54, 1.807) is 36.6 Å². The smallest absolute Gasteiger partial charge is 0.341 e. The Kier molecular flexibility index (Phi) is 6.33. The molecule has 1 aromatic carbocycles. The van der Waals surface area contributed by atoms with Gasteiger partial charge in [0.15, 0.2) is 0 Å². The van der Waals surface area contributed by atoms with Gasteiger partial charge in [0.25, 0.3) is 5.91 Å². The number of hydrogen-bond donors (Lipinski definition) is 1. The van der Waals surface area contributed by atoms with Crippen molar-refractivity contribution in [3.63, 3.8) is 0 Å². The normalized spacial score (nSPS) is 13.5. The Hall–Kier alpha value is -3.50. The first-order valence-corrected chi connectivity index (χ1v) is 11.5. The van der Waals surface area contributed by atoms with Gasteiger partial charge in [-0.1, -0.05) is 24.3 Å². The summed E-state index contributed by atoms with van der Waals surface area (Å²) in [4.78, 5) is 53.5. The third-order valence-electron chi connectivity index (χ3n) is 4.74. The quantitative estimate of drug-likeness (QED) is 0.416. The van der Waals surface area contributed by atoms with Crippen LogP contribution in [0.4, 0.5) is 15.5 Å². The number of carbonyl (C=O) groups excluding carboxylic acids is 4. The number of ether oxygens (including phenoxy) is 1. The molecule has 0 radical (unpaired) electrons. The molecule has 1 N–H and O–H groups in total. The summed E-state index contributed by atoms with van der Waals surface area (Å²) in [6.07, 6.45) is 0. The van der Waals surface area contributed by atoms with Gasteiger partial charge in [-0.05, 0) is 30.5 Å². The van der Waals surface area contributed by atoms with Crippen LogP contribution in [-0.2, 0) is 14.3 Å². The summed E-state index contributed by atoms with van der Waals surface area (Å²) in [5.41, 5.74) is 1.51. The molecule has 0 aliphatic carbocycles. The lowest BCUT2D eigenvalue weighted by atomic mass is 10.1. The number of thiophene rings is 2. The van der Waals surface area contributed by atoms with E-state index in [2.05, 4.69) is 5.32 Å². The number of imide groups is 1. The van der Waals surface area contributed by atoms with Gasteiger partial charge in [-0.15, -0.1) is 22.7 Å². The van der Waals surface area contributed by atoms with Gasteiger partial charge < -0.3 is 10.1 Å². The monoisotopic (exact) mass is 469 g/mol. The first-order chi connectivity index (χ1) is 15.5. The molecule has 1 aliphatic heterocycles. The SMILES string of the molecule is CCOC(=O)c1c(-c2cccs2)csc1NC(=O)CN1C(=O)CN(c2ccccc2)C1=O. The van der Waals surface area contributed by atoms with Gasteiger partial charge >= 0.3 is 12.0 Å². The average Bonchev–Trinajstić information content (AvgIpc) is 3.51. The molecular weight excluding hydrogens is 450 g/mol. The van der Waals surface area contributed by atoms with Crippen LogP contribution in [0.3, 0.4) is 0 Å². The Bertz CT molecular complexity index is 1160. The van der Waals surface area contributed by atoms with Crippen LogP contribution < -0.4 is 10.2 Å². The molecule has 0 atom stereocenters. The number of nitrogens with one attached hydrogen (secondary N) is 1. The fourth-order valence-electron chi connectivity index (χ4n) is 3.28. The number of esters is 1. The standard InChI is InChI=1S/C22H19N3O5S2/c1-2-30-21(28)19-15(16-9-6-10-31-16)13-32-20(19)23-17(26)11-25-18(27)12-24(22(25)29)14-7-4-3-5-8-14/h3-10,13H,2,11-12H2,1H3,(H,23,26). The number of para-hydroxylation sites is 1. The molecule has 0 bridgehead atoms. The van der Waals surface area contributed by atoms with Crippen molar-refractivity contribution in [1.29, 1.82) is 0 Å². The molecule has 2 aromatic heterocycles. The number of urea groups is 1. The molecule has 4 amide bonds. The van der Waals surface area contributed by atoms with Crippen LogP contribution in [-0.4, -0.2) is 48.4 Å². The average molecular weight is 470 g/mol. The second-order valence-corrected chi connectivity index (χ2v) is 8.61. The minimum Gasteiger partial charge on any atom is -0.462 e. The van der Waals surface area contributed by atoms with Crippen molar-refractivity contribution in [3.05, 3.63) is 58.8 Å². The zero-order valence-corrected chi connectivity index (χ0v) is 18.7. The molecule has 32 heavy (non-hydrogen) atoms. The summed E-state index contributed by atoms with van der Waals surface area (Å²) < 4.78 is 5.17. The minimum atomic E-state index is -0.577. The second-order valence-electron chi connectivity index (χ2n) is 6.78. The molecule has 10 heteroatoms. The predicted octanol–water partition coefficient (Wildman–Crippen LogP) is 4.06. The molecule has 3 heterocycles. The highest BCUT2D eigenvalue weighted by molar-refractivity contribution is 7.17. The zero-order valence-electron chi connectivity index (χ0n) is 17.1. The number of carbonyl (C=O) groups is 4. The maximum Gasteiger partial charge on any atom is 0.341 e. The van der Waals surface area contributed by atoms with Gasteiger partial charge in [-0.3, -0.25) is 19.4 Å². The summed E-state index contributed by atoms with van der Waals surface area (Å²) in [7, 11) is 0. The van der Waals surface area contributed by atoms with Gasteiger partial charge in [0.05, 0.1) is 6.61 Å². The van der Waals surface area contributed by atoms with Gasteiger partial charge in [0.2, 0.25) is 5.91 Å². The number of hydrogen-bond acceptors (Lipinski definition) is 7. The van der Waals surface area contributed by atoms with Crippen molar-refractivity contribution < 1.29 is 23.9 Å². The Morgan fingerprint density at radius 2 is 1.88 bits per heavy atom.